The molecule has 1 saturated heterocycles. The molecule has 0 aromatic heterocycles. The molecule has 2 heterocycles. The van der Waals surface area contributed by atoms with E-state index in [1.807, 2.05) is 0 Å². The van der Waals surface area contributed by atoms with Gasteiger partial charge in [0.05, 0.1) is 6.54 Å². The number of nitrogens with zero attached hydrogens (tertiary/aromatic N) is 2. The van der Waals surface area contributed by atoms with E-state index in [2.05, 4.69) is 22.2 Å². The SMILES string of the molecule is C1=CN2CCCCCC2=NC1. The Morgan fingerprint density at radius 1 is 1.27 bits per heavy atom. The summed E-state index contributed by atoms with van der Waals surface area (Å²) in [6.07, 6.45) is 9.52. The summed E-state index contributed by atoms with van der Waals surface area (Å²) in [5, 5.41) is 0. The van der Waals surface area contributed by atoms with Gasteiger partial charge in [-0.2, -0.15) is 0 Å². The van der Waals surface area contributed by atoms with E-state index in [9.17, 15) is 0 Å². The van der Waals surface area contributed by atoms with Gasteiger partial charge in [0.2, 0.25) is 0 Å². The van der Waals surface area contributed by atoms with Gasteiger partial charge >= 0.3 is 0 Å². The minimum Gasteiger partial charge on any atom is -0.337 e. The van der Waals surface area contributed by atoms with E-state index in [0.29, 0.717) is 0 Å². The van der Waals surface area contributed by atoms with Crippen LogP contribution in [-0.2, 0) is 0 Å². The summed E-state index contributed by atoms with van der Waals surface area (Å²) >= 11 is 0. The van der Waals surface area contributed by atoms with Gasteiger partial charge in [-0.15, -0.1) is 0 Å². The molecule has 0 amide bonds. The molecule has 2 aliphatic rings. The Balaban J connectivity index is 2.11. The monoisotopic (exact) mass is 150 g/mol. The minimum absolute atomic E-state index is 0.895. The van der Waals surface area contributed by atoms with Crippen molar-refractivity contribution in [1.82, 2.24) is 4.90 Å². The van der Waals surface area contributed by atoms with Crippen molar-refractivity contribution >= 4 is 5.84 Å². The van der Waals surface area contributed by atoms with E-state index < -0.39 is 0 Å². The molecule has 0 spiro atoms. The van der Waals surface area contributed by atoms with Crippen molar-refractivity contribution in [3.05, 3.63) is 12.3 Å². The summed E-state index contributed by atoms with van der Waals surface area (Å²) in [4.78, 5) is 6.77. The number of amidine groups is 1. The van der Waals surface area contributed by atoms with Crippen molar-refractivity contribution in [2.45, 2.75) is 25.7 Å². The quantitative estimate of drug-likeness (QED) is 0.514. The molecular formula is C9H14N2. The van der Waals surface area contributed by atoms with Crippen LogP contribution in [0.25, 0.3) is 0 Å². The second-order valence-electron chi connectivity index (χ2n) is 3.15. The molecule has 1 fully saturated rings. The van der Waals surface area contributed by atoms with Crippen LogP contribution in [0.2, 0.25) is 0 Å². The van der Waals surface area contributed by atoms with Crippen LogP contribution in [-0.4, -0.2) is 23.8 Å². The number of fused-ring (bicyclic) bond motifs is 1. The first kappa shape index (κ1) is 6.89. The molecule has 0 radical (unpaired) electrons. The third kappa shape index (κ3) is 1.44. The van der Waals surface area contributed by atoms with E-state index >= 15 is 0 Å². The normalized spacial score (nSPS) is 24.0. The summed E-state index contributed by atoms with van der Waals surface area (Å²) in [5.41, 5.74) is 0. The van der Waals surface area contributed by atoms with Crippen LogP contribution >= 0.6 is 0 Å². The van der Waals surface area contributed by atoms with Gasteiger partial charge in [0.1, 0.15) is 5.84 Å². The summed E-state index contributed by atoms with van der Waals surface area (Å²) in [6.45, 7) is 2.07. The molecule has 0 aromatic rings. The van der Waals surface area contributed by atoms with Crippen LogP contribution in [0.3, 0.4) is 0 Å². The lowest BCUT2D eigenvalue weighted by atomic mass is 10.2. The molecule has 2 nitrogen and oxygen atoms in total. The first-order valence-electron chi connectivity index (χ1n) is 4.43. The largest absolute Gasteiger partial charge is 0.337 e. The Hall–Kier alpha value is -0.790. The highest BCUT2D eigenvalue weighted by Gasteiger charge is 2.13. The lowest BCUT2D eigenvalue weighted by Crippen LogP contribution is -2.27. The van der Waals surface area contributed by atoms with Crippen molar-refractivity contribution in [2.24, 2.45) is 4.99 Å². The predicted molar refractivity (Wildman–Crippen MR) is 46.6 cm³/mol. The van der Waals surface area contributed by atoms with Crippen LogP contribution in [0.4, 0.5) is 0 Å². The fraction of sp³-hybridized carbons (Fsp3) is 0.667. The number of aliphatic imine (C=N–C) groups is 1. The van der Waals surface area contributed by atoms with Crippen LogP contribution < -0.4 is 0 Å². The van der Waals surface area contributed by atoms with Gasteiger partial charge in [0, 0.05) is 19.2 Å². The molecule has 0 aliphatic carbocycles. The van der Waals surface area contributed by atoms with E-state index in [1.54, 1.807) is 0 Å². The van der Waals surface area contributed by atoms with Crippen molar-refractivity contribution in [3.8, 4) is 0 Å². The fourth-order valence-electron chi connectivity index (χ4n) is 1.68. The first-order chi connectivity index (χ1) is 5.47. The van der Waals surface area contributed by atoms with Crippen LogP contribution in [0, 0.1) is 0 Å². The number of hydrogen-bond donors (Lipinski definition) is 0. The molecule has 60 valence electrons. The van der Waals surface area contributed by atoms with Crippen LogP contribution in [0.15, 0.2) is 17.3 Å². The average molecular weight is 150 g/mol. The molecule has 2 aliphatic heterocycles. The highest BCUT2D eigenvalue weighted by Crippen LogP contribution is 2.14. The maximum Gasteiger partial charge on any atom is 0.103 e. The number of hydrogen-bond acceptors (Lipinski definition) is 2. The minimum atomic E-state index is 0.895. The highest BCUT2D eigenvalue weighted by molar-refractivity contribution is 5.84. The lowest BCUT2D eigenvalue weighted by molar-refractivity contribution is 0.530. The van der Waals surface area contributed by atoms with Gasteiger partial charge in [-0.3, -0.25) is 4.99 Å². The van der Waals surface area contributed by atoms with Gasteiger partial charge in [-0.25, -0.2) is 0 Å². The van der Waals surface area contributed by atoms with Crippen LogP contribution in [0.5, 0.6) is 0 Å². The summed E-state index contributed by atoms with van der Waals surface area (Å²) < 4.78 is 0. The Labute approximate surface area is 67.6 Å². The van der Waals surface area contributed by atoms with Gasteiger partial charge in [0.15, 0.2) is 0 Å². The van der Waals surface area contributed by atoms with Crippen molar-refractivity contribution in [3.63, 3.8) is 0 Å². The molecule has 0 N–H and O–H groups in total. The second-order valence-corrected chi connectivity index (χ2v) is 3.15. The maximum atomic E-state index is 4.47. The summed E-state index contributed by atoms with van der Waals surface area (Å²) in [6, 6.07) is 0. The average Bonchev–Trinajstić information content (AvgIpc) is 2.28. The maximum absolute atomic E-state index is 4.47. The zero-order valence-corrected chi connectivity index (χ0v) is 6.79. The Morgan fingerprint density at radius 2 is 2.27 bits per heavy atom. The molecule has 0 aromatic carbocycles. The number of rotatable bonds is 0. The van der Waals surface area contributed by atoms with Gasteiger partial charge in [-0.1, -0.05) is 6.42 Å². The summed E-state index contributed by atoms with van der Waals surface area (Å²) in [7, 11) is 0. The fourth-order valence-corrected chi connectivity index (χ4v) is 1.68. The van der Waals surface area contributed by atoms with E-state index in [0.717, 1.165) is 6.54 Å². The van der Waals surface area contributed by atoms with Crippen LogP contribution in [0.1, 0.15) is 25.7 Å². The van der Waals surface area contributed by atoms with Gasteiger partial charge in [0.25, 0.3) is 0 Å². The van der Waals surface area contributed by atoms with Gasteiger partial charge < -0.3 is 4.90 Å². The zero-order valence-electron chi connectivity index (χ0n) is 6.79. The second kappa shape index (κ2) is 3.07. The molecule has 2 heteroatoms. The molecule has 0 saturated carbocycles. The first-order valence-corrected chi connectivity index (χ1v) is 4.43. The molecule has 0 unspecified atom stereocenters. The molecular weight excluding hydrogens is 136 g/mol. The van der Waals surface area contributed by atoms with Crippen molar-refractivity contribution in [2.75, 3.05) is 13.1 Å². The molecule has 2 rings (SSSR count). The lowest BCUT2D eigenvalue weighted by Gasteiger charge is -2.22. The topological polar surface area (TPSA) is 15.6 Å². The van der Waals surface area contributed by atoms with E-state index in [-0.39, 0.29) is 0 Å². The van der Waals surface area contributed by atoms with Crippen molar-refractivity contribution in [1.29, 1.82) is 0 Å². The standard InChI is InChI=1S/C9H14N2/c1-2-5-9-10-6-4-8-11(9)7-3-1/h4,8H,1-3,5-7H2. The van der Waals surface area contributed by atoms with E-state index in [4.69, 9.17) is 0 Å². The Morgan fingerprint density at radius 3 is 3.27 bits per heavy atom. The molecule has 0 bridgehead atoms. The molecule has 11 heavy (non-hydrogen) atoms. The third-order valence-electron chi connectivity index (χ3n) is 2.30. The molecule has 0 atom stereocenters. The smallest absolute Gasteiger partial charge is 0.103 e. The van der Waals surface area contributed by atoms with Gasteiger partial charge in [-0.05, 0) is 18.9 Å². The predicted octanol–water partition coefficient (Wildman–Crippen LogP) is 1.79. The van der Waals surface area contributed by atoms with Crippen molar-refractivity contribution < 1.29 is 0 Å². The highest BCUT2D eigenvalue weighted by atomic mass is 15.2. The Bertz CT molecular complexity index is 194. The Kier molecular flexibility index (Phi) is 1.93. The summed E-state index contributed by atoms with van der Waals surface area (Å²) in [5.74, 6) is 1.31. The zero-order chi connectivity index (χ0) is 7.52. The third-order valence-corrected chi connectivity index (χ3v) is 2.30. The van der Waals surface area contributed by atoms with E-state index in [1.165, 1.54) is 38.1 Å².